The van der Waals surface area contributed by atoms with Crippen molar-refractivity contribution in [1.82, 2.24) is 4.90 Å². The van der Waals surface area contributed by atoms with Crippen LogP contribution in [0, 0.1) is 6.92 Å². The van der Waals surface area contributed by atoms with Crippen molar-refractivity contribution < 1.29 is 4.79 Å². The van der Waals surface area contributed by atoms with Gasteiger partial charge in [0, 0.05) is 22.7 Å². The molecule has 0 unspecified atom stereocenters. The Labute approximate surface area is 166 Å². The minimum absolute atomic E-state index is 0.114. The Morgan fingerprint density at radius 1 is 1.11 bits per heavy atom. The van der Waals surface area contributed by atoms with Gasteiger partial charge in [-0.3, -0.25) is 4.79 Å². The van der Waals surface area contributed by atoms with Crippen molar-refractivity contribution in [3.05, 3.63) is 64.2 Å². The highest BCUT2D eigenvalue weighted by Gasteiger charge is 2.46. The largest absolute Gasteiger partial charge is 0.311 e. The van der Waals surface area contributed by atoms with Crippen molar-refractivity contribution in [3.8, 4) is 0 Å². The fraction of sp³-hybridized carbons (Fsp3) is 0.435. The van der Waals surface area contributed by atoms with Crippen LogP contribution in [0.1, 0.15) is 36.5 Å². The zero-order valence-corrected chi connectivity index (χ0v) is 16.9. The Morgan fingerprint density at radius 2 is 1.81 bits per heavy atom. The van der Waals surface area contributed by atoms with E-state index >= 15 is 0 Å². The summed E-state index contributed by atoms with van der Waals surface area (Å²) in [5, 5.41) is 0.704. The van der Waals surface area contributed by atoms with Crippen LogP contribution in [0.4, 0.5) is 5.69 Å². The number of halogens is 1. The van der Waals surface area contributed by atoms with Gasteiger partial charge in [0.15, 0.2) is 0 Å². The predicted octanol–water partition coefficient (Wildman–Crippen LogP) is 4.59. The normalized spacial score (nSPS) is 18.7. The molecule has 1 amide bonds. The Morgan fingerprint density at radius 3 is 2.48 bits per heavy atom. The quantitative estimate of drug-likeness (QED) is 0.775. The van der Waals surface area contributed by atoms with Gasteiger partial charge in [0.25, 0.3) is 0 Å². The summed E-state index contributed by atoms with van der Waals surface area (Å²) < 4.78 is 0. The Hall–Kier alpha value is -1.84. The molecule has 27 heavy (non-hydrogen) atoms. The third-order valence-electron chi connectivity index (χ3n) is 6.31. The monoisotopic (exact) mass is 382 g/mol. The summed E-state index contributed by atoms with van der Waals surface area (Å²) in [5.74, 6) is 0.178. The van der Waals surface area contributed by atoms with Crippen molar-refractivity contribution in [2.24, 2.45) is 0 Å². The van der Waals surface area contributed by atoms with Crippen LogP contribution in [0.2, 0.25) is 5.02 Å². The fourth-order valence-electron chi connectivity index (χ4n) is 4.60. The number of fused-ring (bicyclic) bond motifs is 2. The van der Waals surface area contributed by atoms with E-state index in [1.807, 2.05) is 29.2 Å². The predicted molar refractivity (Wildman–Crippen MR) is 112 cm³/mol. The lowest BCUT2D eigenvalue weighted by atomic mass is 9.74. The molecule has 2 aliphatic rings. The number of anilines is 1. The molecule has 2 aliphatic heterocycles. The van der Waals surface area contributed by atoms with Crippen molar-refractivity contribution in [2.45, 2.75) is 38.5 Å². The maximum Gasteiger partial charge on any atom is 0.231 e. The molecule has 142 valence electrons. The van der Waals surface area contributed by atoms with Gasteiger partial charge in [-0.15, -0.1) is 0 Å². The first-order valence-electron chi connectivity index (χ1n) is 9.89. The number of benzene rings is 2. The zero-order valence-electron chi connectivity index (χ0n) is 16.2. The van der Waals surface area contributed by atoms with Crippen LogP contribution in [0.25, 0.3) is 0 Å². The van der Waals surface area contributed by atoms with Gasteiger partial charge < -0.3 is 9.80 Å². The third kappa shape index (κ3) is 3.51. The van der Waals surface area contributed by atoms with Gasteiger partial charge in [0.05, 0.1) is 6.42 Å². The molecule has 4 heteroatoms. The Bertz CT molecular complexity index is 838. The number of carbonyl (C=O) groups is 1. The van der Waals surface area contributed by atoms with Gasteiger partial charge in [-0.25, -0.2) is 0 Å². The molecule has 1 fully saturated rings. The van der Waals surface area contributed by atoms with Crippen molar-refractivity contribution >= 4 is 23.2 Å². The number of likely N-dealkylation sites (tertiary alicyclic amines) is 1. The number of piperidine rings is 1. The van der Waals surface area contributed by atoms with E-state index in [1.165, 1.54) is 11.1 Å². The zero-order chi connectivity index (χ0) is 19.0. The number of amides is 1. The highest BCUT2D eigenvalue weighted by molar-refractivity contribution is 6.30. The topological polar surface area (TPSA) is 23.6 Å². The first-order valence-corrected chi connectivity index (χ1v) is 10.3. The molecule has 2 aromatic rings. The van der Waals surface area contributed by atoms with E-state index in [1.54, 1.807) is 0 Å². The van der Waals surface area contributed by atoms with E-state index < -0.39 is 0 Å². The minimum atomic E-state index is 0.114. The first-order chi connectivity index (χ1) is 13.0. The first kappa shape index (κ1) is 18.5. The second kappa shape index (κ2) is 7.29. The van der Waals surface area contributed by atoms with Crippen molar-refractivity contribution in [2.75, 3.05) is 31.1 Å². The number of nitrogens with zero attached hydrogens (tertiary/aromatic N) is 2. The molecule has 4 rings (SSSR count). The number of carbonyl (C=O) groups excluding carboxylic acids is 1. The Balaban J connectivity index is 1.61. The van der Waals surface area contributed by atoms with Crippen LogP contribution in [-0.2, 0) is 16.6 Å². The molecule has 0 saturated carbocycles. The molecule has 2 aromatic carbocycles. The lowest BCUT2D eigenvalue weighted by molar-refractivity contribution is -0.118. The van der Waals surface area contributed by atoms with Crippen LogP contribution in [0.3, 0.4) is 0 Å². The maximum absolute atomic E-state index is 13.2. The summed E-state index contributed by atoms with van der Waals surface area (Å²) in [4.78, 5) is 17.7. The lowest BCUT2D eigenvalue weighted by Crippen LogP contribution is -2.46. The molecule has 0 atom stereocenters. The summed E-state index contributed by atoms with van der Waals surface area (Å²) in [7, 11) is 0. The third-order valence-corrected chi connectivity index (χ3v) is 6.56. The summed E-state index contributed by atoms with van der Waals surface area (Å²) in [5.41, 5.74) is 4.90. The average Bonchev–Trinajstić information content (AvgIpc) is 2.98. The van der Waals surface area contributed by atoms with E-state index in [0.717, 1.165) is 50.3 Å². The second-order valence-electron chi connectivity index (χ2n) is 8.02. The number of hydrogen-bond acceptors (Lipinski definition) is 2. The summed E-state index contributed by atoms with van der Waals surface area (Å²) in [6, 6.07) is 14.2. The maximum atomic E-state index is 13.2. The van der Waals surface area contributed by atoms with E-state index in [-0.39, 0.29) is 11.3 Å². The van der Waals surface area contributed by atoms with Gasteiger partial charge in [-0.1, -0.05) is 48.4 Å². The molecule has 1 spiro atoms. The molecule has 1 saturated heterocycles. The molecule has 3 nitrogen and oxygen atoms in total. The summed E-state index contributed by atoms with van der Waals surface area (Å²) in [6.07, 6.45) is 2.67. The highest BCUT2D eigenvalue weighted by Crippen LogP contribution is 2.47. The van der Waals surface area contributed by atoms with Crippen molar-refractivity contribution in [3.63, 3.8) is 0 Å². The molecular weight excluding hydrogens is 356 g/mol. The van der Waals surface area contributed by atoms with Gasteiger partial charge in [0.1, 0.15) is 0 Å². The van der Waals surface area contributed by atoms with Gasteiger partial charge in [-0.05, 0) is 68.7 Å². The van der Waals surface area contributed by atoms with E-state index in [0.29, 0.717) is 11.4 Å². The number of rotatable bonds is 3. The van der Waals surface area contributed by atoms with E-state index in [2.05, 4.69) is 36.9 Å². The molecule has 0 aromatic heterocycles. The van der Waals surface area contributed by atoms with Crippen molar-refractivity contribution in [1.29, 1.82) is 0 Å². The number of hydrogen-bond donors (Lipinski definition) is 0. The summed E-state index contributed by atoms with van der Waals surface area (Å²) >= 11 is 5.98. The van der Waals surface area contributed by atoms with Gasteiger partial charge >= 0.3 is 0 Å². The van der Waals surface area contributed by atoms with Gasteiger partial charge in [-0.2, -0.15) is 0 Å². The van der Waals surface area contributed by atoms with Crippen LogP contribution in [0.5, 0.6) is 0 Å². The van der Waals surface area contributed by atoms with E-state index in [4.69, 9.17) is 11.6 Å². The molecule has 2 heterocycles. The van der Waals surface area contributed by atoms with Gasteiger partial charge in [0.2, 0.25) is 5.91 Å². The SMILES string of the molecule is CCN1CCC2(CC1)CN(C(=O)Cc1ccc(Cl)cc1)c1ccc(C)cc12. The average molecular weight is 383 g/mol. The van der Waals surface area contributed by atoms with Crippen LogP contribution < -0.4 is 4.90 Å². The second-order valence-corrected chi connectivity index (χ2v) is 8.45. The van der Waals surface area contributed by atoms with Crippen LogP contribution in [0.15, 0.2) is 42.5 Å². The lowest BCUT2D eigenvalue weighted by Gasteiger charge is -2.39. The summed E-state index contributed by atoms with van der Waals surface area (Å²) in [6.45, 7) is 8.53. The Kier molecular flexibility index (Phi) is 5.00. The van der Waals surface area contributed by atoms with E-state index in [9.17, 15) is 4.79 Å². The smallest absolute Gasteiger partial charge is 0.231 e. The van der Waals surface area contributed by atoms with Crippen LogP contribution in [-0.4, -0.2) is 37.0 Å². The number of aryl methyl sites for hydroxylation is 1. The molecule has 0 radical (unpaired) electrons. The highest BCUT2D eigenvalue weighted by atomic mass is 35.5. The molecule has 0 bridgehead atoms. The minimum Gasteiger partial charge on any atom is -0.311 e. The van der Waals surface area contributed by atoms with Crippen LogP contribution >= 0.6 is 11.6 Å². The standard InChI is InChI=1S/C23H27ClN2O/c1-3-25-12-10-23(11-13-25)16-26(21-9-4-17(2)14-20(21)23)22(27)15-18-5-7-19(24)8-6-18/h4-9,14H,3,10-13,15-16H2,1-2H3. The molecule has 0 N–H and O–H groups in total. The molecular formula is C23H27ClN2O. The molecule has 0 aliphatic carbocycles. The fourth-order valence-corrected chi connectivity index (χ4v) is 4.73.